The van der Waals surface area contributed by atoms with Crippen molar-refractivity contribution in [2.24, 2.45) is 0 Å². The molecule has 0 spiro atoms. The molecule has 0 aliphatic heterocycles. The van der Waals surface area contributed by atoms with Crippen LogP contribution in [0.4, 0.5) is 0 Å². The molecule has 2 rings (SSSR count). The maximum Gasteiger partial charge on any atom is 0.137 e. The Morgan fingerprint density at radius 3 is 2.76 bits per heavy atom. The number of pyridine rings is 1. The lowest BCUT2D eigenvalue weighted by Crippen LogP contribution is -1.90. The number of halogens is 1. The number of aromatic nitrogens is 2. The average molecular weight is 334 g/mol. The Hall–Kier alpha value is -1.86. The molecule has 82 valence electrons. The maximum absolute atomic E-state index is 8.77. The van der Waals surface area contributed by atoms with E-state index >= 15 is 0 Å². The SMILES string of the molecule is Cc1nc2ccc(I)cn2c1C=C(C#N)C#N. The lowest BCUT2D eigenvalue weighted by Gasteiger charge is -1.98. The predicted octanol–water partition coefficient (Wildman–Crippen LogP) is 2.68. The Kier molecular flexibility index (Phi) is 3.12. The summed E-state index contributed by atoms with van der Waals surface area (Å²) < 4.78 is 2.95. The van der Waals surface area contributed by atoms with E-state index in [1.807, 2.05) is 41.8 Å². The molecule has 0 radical (unpaired) electrons. The van der Waals surface area contributed by atoms with Crippen LogP contribution in [0.5, 0.6) is 0 Å². The van der Waals surface area contributed by atoms with Gasteiger partial charge in [-0.05, 0) is 47.7 Å². The summed E-state index contributed by atoms with van der Waals surface area (Å²) in [5, 5.41) is 17.5. The molecule has 0 amide bonds. The van der Waals surface area contributed by atoms with E-state index in [4.69, 9.17) is 10.5 Å². The van der Waals surface area contributed by atoms with Gasteiger partial charge >= 0.3 is 0 Å². The number of aryl methyl sites for hydroxylation is 1. The summed E-state index contributed by atoms with van der Waals surface area (Å²) in [4.78, 5) is 4.37. The van der Waals surface area contributed by atoms with Crippen LogP contribution >= 0.6 is 22.6 Å². The normalized spacial score (nSPS) is 9.65. The van der Waals surface area contributed by atoms with Crippen LogP contribution in [0.2, 0.25) is 0 Å². The van der Waals surface area contributed by atoms with Crippen LogP contribution in [0, 0.1) is 33.2 Å². The molecule has 0 unspecified atom stereocenters. The summed E-state index contributed by atoms with van der Waals surface area (Å²) in [7, 11) is 0. The zero-order valence-corrected chi connectivity index (χ0v) is 11.1. The van der Waals surface area contributed by atoms with Gasteiger partial charge in [-0.3, -0.25) is 4.40 Å². The Bertz CT molecular complexity index is 682. The molecule has 2 aromatic rings. The zero-order valence-electron chi connectivity index (χ0n) is 8.98. The van der Waals surface area contributed by atoms with Crippen molar-refractivity contribution in [2.45, 2.75) is 6.92 Å². The van der Waals surface area contributed by atoms with Gasteiger partial charge in [0.2, 0.25) is 0 Å². The second kappa shape index (κ2) is 4.56. The molecule has 0 N–H and O–H groups in total. The van der Waals surface area contributed by atoms with Crippen LogP contribution < -0.4 is 0 Å². The quantitative estimate of drug-likeness (QED) is 0.595. The number of nitrogens with zero attached hydrogens (tertiary/aromatic N) is 4. The Labute approximate surface area is 112 Å². The van der Waals surface area contributed by atoms with E-state index in [9.17, 15) is 0 Å². The Morgan fingerprint density at radius 2 is 2.12 bits per heavy atom. The van der Waals surface area contributed by atoms with Crippen LogP contribution in [0.25, 0.3) is 11.7 Å². The minimum atomic E-state index is 0.0776. The number of rotatable bonds is 1. The van der Waals surface area contributed by atoms with E-state index in [1.165, 1.54) is 0 Å². The van der Waals surface area contributed by atoms with Crippen molar-refractivity contribution in [3.05, 3.63) is 38.9 Å². The standard InChI is InChI=1S/C12H7IN4/c1-8-11(4-9(5-14)6-15)17-7-10(13)2-3-12(17)16-8/h2-4,7H,1H3. The van der Waals surface area contributed by atoms with Crippen molar-refractivity contribution in [3.63, 3.8) is 0 Å². The number of hydrogen-bond donors (Lipinski definition) is 0. The summed E-state index contributed by atoms with van der Waals surface area (Å²) in [6.45, 7) is 1.86. The smallest absolute Gasteiger partial charge is 0.137 e. The van der Waals surface area contributed by atoms with Crippen molar-refractivity contribution >= 4 is 34.3 Å². The van der Waals surface area contributed by atoms with Crippen molar-refractivity contribution in [3.8, 4) is 12.1 Å². The average Bonchev–Trinajstić information content (AvgIpc) is 2.62. The minimum absolute atomic E-state index is 0.0776. The summed E-state index contributed by atoms with van der Waals surface area (Å²) in [6, 6.07) is 7.58. The third kappa shape index (κ3) is 2.15. The van der Waals surface area contributed by atoms with E-state index in [0.717, 1.165) is 20.6 Å². The van der Waals surface area contributed by atoms with Gasteiger partial charge in [0.25, 0.3) is 0 Å². The molecule has 17 heavy (non-hydrogen) atoms. The number of hydrogen-bond acceptors (Lipinski definition) is 3. The fraction of sp³-hybridized carbons (Fsp3) is 0.0833. The molecule has 0 saturated carbocycles. The predicted molar refractivity (Wildman–Crippen MR) is 71.8 cm³/mol. The second-order valence-electron chi connectivity index (χ2n) is 3.44. The van der Waals surface area contributed by atoms with Crippen molar-refractivity contribution < 1.29 is 0 Å². The number of allylic oxidation sites excluding steroid dienone is 1. The summed E-state index contributed by atoms with van der Waals surface area (Å²) in [6.07, 6.45) is 3.49. The topological polar surface area (TPSA) is 64.9 Å². The first-order chi connectivity index (χ1) is 8.15. The molecule has 0 aliphatic carbocycles. The lowest BCUT2D eigenvalue weighted by atomic mass is 10.2. The van der Waals surface area contributed by atoms with Gasteiger partial charge in [-0.1, -0.05) is 0 Å². The number of imidazole rings is 1. The summed E-state index contributed by atoms with van der Waals surface area (Å²) in [5.41, 5.74) is 2.46. The third-order valence-electron chi connectivity index (χ3n) is 2.33. The third-order valence-corrected chi connectivity index (χ3v) is 2.96. The van der Waals surface area contributed by atoms with Gasteiger partial charge in [-0.25, -0.2) is 4.98 Å². The van der Waals surface area contributed by atoms with Gasteiger partial charge in [0.1, 0.15) is 23.4 Å². The first kappa shape index (κ1) is 11.6. The van der Waals surface area contributed by atoms with Crippen molar-refractivity contribution in [1.82, 2.24) is 9.38 Å². The number of fused-ring (bicyclic) bond motifs is 1. The van der Waals surface area contributed by atoms with Crippen LogP contribution in [0.1, 0.15) is 11.4 Å². The van der Waals surface area contributed by atoms with E-state index in [1.54, 1.807) is 6.08 Å². The lowest BCUT2D eigenvalue weighted by molar-refractivity contribution is 1.15. The summed E-state index contributed by atoms with van der Waals surface area (Å²) >= 11 is 2.21. The number of nitriles is 2. The molecule has 2 heterocycles. The largest absolute Gasteiger partial charge is 0.299 e. The van der Waals surface area contributed by atoms with Gasteiger partial charge < -0.3 is 0 Å². The van der Waals surface area contributed by atoms with Crippen LogP contribution in [-0.2, 0) is 0 Å². The summed E-state index contributed by atoms with van der Waals surface area (Å²) in [5.74, 6) is 0. The maximum atomic E-state index is 8.77. The van der Waals surface area contributed by atoms with E-state index in [0.29, 0.717) is 0 Å². The molecular formula is C12H7IN4. The molecule has 0 atom stereocenters. The second-order valence-corrected chi connectivity index (χ2v) is 4.69. The molecule has 0 aromatic carbocycles. The van der Waals surface area contributed by atoms with Gasteiger partial charge in [0.05, 0.1) is 11.4 Å². The molecule has 0 bridgehead atoms. The van der Waals surface area contributed by atoms with Crippen LogP contribution in [0.15, 0.2) is 23.9 Å². The highest BCUT2D eigenvalue weighted by Crippen LogP contribution is 2.17. The van der Waals surface area contributed by atoms with Crippen molar-refractivity contribution in [2.75, 3.05) is 0 Å². The van der Waals surface area contributed by atoms with E-state index < -0.39 is 0 Å². The molecule has 4 nitrogen and oxygen atoms in total. The van der Waals surface area contributed by atoms with E-state index in [-0.39, 0.29) is 5.57 Å². The molecule has 0 aliphatic rings. The highest BCUT2D eigenvalue weighted by atomic mass is 127. The van der Waals surface area contributed by atoms with Crippen molar-refractivity contribution in [1.29, 1.82) is 10.5 Å². The Balaban J connectivity index is 2.74. The minimum Gasteiger partial charge on any atom is -0.299 e. The fourth-order valence-electron chi connectivity index (χ4n) is 1.55. The molecular weight excluding hydrogens is 327 g/mol. The van der Waals surface area contributed by atoms with Crippen LogP contribution in [-0.4, -0.2) is 9.38 Å². The molecule has 2 aromatic heterocycles. The van der Waals surface area contributed by atoms with Gasteiger partial charge in [-0.15, -0.1) is 0 Å². The fourth-order valence-corrected chi connectivity index (χ4v) is 2.01. The van der Waals surface area contributed by atoms with Crippen LogP contribution in [0.3, 0.4) is 0 Å². The zero-order chi connectivity index (χ0) is 12.4. The first-order valence-corrected chi connectivity index (χ1v) is 5.89. The highest BCUT2D eigenvalue weighted by Gasteiger charge is 2.07. The molecule has 0 fully saturated rings. The highest BCUT2D eigenvalue weighted by molar-refractivity contribution is 14.1. The monoisotopic (exact) mass is 334 g/mol. The molecule has 5 heteroatoms. The molecule has 0 saturated heterocycles. The Morgan fingerprint density at radius 1 is 1.41 bits per heavy atom. The van der Waals surface area contributed by atoms with Gasteiger partial charge in [0.15, 0.2) is 0 Å². The van der Waals surface area contributed by atoms with Gasteiger partial charge in [0, 0.05) is 9.77 Å². The van der Waals surface area contributed by atoms with Gasteiger partial charge in [-0.2, -0.15) is 10.5 Å². The van der Waals surface area contributed by atoms with E-state index in [2.05, 4.69) is 27.6 Å². The first-order valence-electron chi connectivity index (χ1n) is 4.82.